The Morgan fingerprint density at radius 1 is 0.692 bits per heavy atom. The smallest absolute Gasteiger partial charge is 0.307 e. The summed E-state index contributed by atoms with van der Waals surface area (Å²) in [5.74, 6) is 0. The van der Waals surface area contributed by atoms with Gasteiger partial charge in [-0.15, -0.1) is 0 Å². The number of rotatable bonds is 2. The molecule has 5 aromatic carbocycles. The predicted octanol–water partition coefficient (Wildman–Crippen LogP) is 9.71. The number of aromatic nitrogens is 2. The lowest BCUT2D eigenvalue weighted by Crippen LogP contribution is -1.93. The van der Waals surface area contributed by atoms with E-state index in [0.717, 1.165) is 62.5 Å². The first kappa shape index (κ1) is 20.9. The van der Waals surface area contributed by atoms with E-state index >= 15 is 0 Å². The van der Waals surface area contributed by atoms with Crippen molar-refractivity contribution in [3.05, 3.63) is 115 Å². The molecule has 184 valence electrons. The minimum atomic E-state index is 0.563. The molecule has 0 radical (unpaired) electrons. The Balaban J connectivity index is 1.41. The first-order chi connectivity index (χ1) is 19.3. The molecule has 0 saturated heterocycles. The number of fused-ring (bicyclic) bond motifs is 9. The molecule has 0 saturated carbocycles. The lowest BCUT2D eigenvalue weighted by Gasteiger charge is -2.09. The Morgan fingerprint density at radius 3 is 2.36 bits per heavy atom. The van der Waals surface area contributed by atoms with Gasteiger partial charge in [0.1, 0.15) is 16.7 Å². The van der Waals surface area contributed by atoms with Crippen LogP contribution in [0, 0.1) is 0 Å². The summed E-state index contributed by atoms with van der Waals surface area (Å²) in [6, 6.07) is 32.4. The monoisotopic (exact) mass is 502 g/mol. The number of hydrogen-bond donors (Lipinski definition) is 0. The third kappa shape index (κ3) is 2.91. The SMILES string of the molecule is C1=CCCC(c2cc3nc(-n4c5ccccc5c5cc6ccccc6cc54)oc3c3c2oc2ccccc23)=C1. The van der Waals surface area contributed by atoms with Gasteiger partial charge < -0.3 is 8.83 Å². The van der Waals surface area contributed by atoms with Crippen LogP contribution in [0.15, 0.2) is 118 Å². The van der Waals surface area contributed by atoms with Gasteiger partial charge in [-0.1, -0.05) is 78.9 Å². The van der Waals surface area contributed by atoms with Crippen molar-refractivity contribution in [2.24, 2.45) is 0 Å². The first-order valence-electron chi connectivity index (χ1n) is 13.4. The predicted molar refractivity (Wildman–Crippen MR) is 159 cm³/mol. The Labute approximate surface area is 223 Å². The first-order valence-corrected chi connectivity index (χ1v) is 13.4. The van der Waals surface area contributed by atoms with E-state index < -0.39 is 0 Å². The van der Waals surface area contributed by atoms with Crippen LogP contribution in [0.2, 0.25) is 0 Å². The van der Waals surface area contributed by atoms with E-state index in [4.69, 9.17) is 13.8 Å². The minimum Gasteiger partial charge on any atom is -0.455 e. The van der Waals surface area contributed by atoms with Crippen LogP contribution in [0.25, 0.3) is 77.2 Å². The van der Waals surface area contributed by atoms with Crippen molar-refractivity contribution < 1.29 is 8.83 Å². The Morgan fingerprint density at radius 2 is 1.49 bits per heavy atom. The fourth-order valence-electron chi connectivity index (χ4n) is 6.28. The Kier molecular flexibility index (Phi) is 4.14. The maximum atomic E-state index is 6.72. The van der Waals surface area contributed by atoms with E-state index in [0.29, 0.717) is 6.01 Å². The highest BCUT2D eigenvalue weighted by Crippen LogP contribution is 2.42. The number of benzene rings is 5. The van der Waals surface area contributed by atoms with Crippen LogP contribution >= 0.6 is 0 Å². The van der Waals surface area contributed by atoms with E-state index in [1.807, 2.05) is 18.2 Å². The summed E-state index contributed by atoms with van der Waals surface area (Å²) < 4.78 is 15.4. The van der Waals surface area contributed by atoms with Gasteiger partial charge in [-0.3, -0.25) is 4.57 Å². The van der Waals surface area contributed by atoms with Crippen LogP contribution in [-0.4, -0.2) is 9.55 Å². The highest BCUT2D eigenvalue weighted by Gasteiger charge is 2.23. The molecule has 0 fully saturated rings. The van der Waals surface area contributed by atoms with E-state index in [9.17, 15) is 0 Å². The summed E-state index contributed by atoms with van der Waals surface area (Å²) in [5.41, 5.74) is 7.81. The summed E-state index contributed by atoms with van der Waals surface area (Å²) in [6.07, 6.45) is 8.52. The third-order valence-electron chi connectivity index (χ3n) is 8.08. The van der Waals surface area contributed by atoms with Crippen molar-refractivity contribution in [1.29, 1.82) is 0 Å². The van der Waals surface area contributed by atoms with E-state index in [2.05, 4.69) is 95.6 Å². The van der Waals surface area contributed by atoms with E-state index in [-0.39, 0.29) is 0 Å². The molecule has 0 bridgehead atoms. The van der Waals surface area contributed by atoms with Crippen molar-refractivity contribution in [2.75, 3.05) is 0 Å². The molecule has 0 aliphatic heterocycles. The van der Waals surface area contributed by atoms with Crippen molar-refractivity contribution >= 4 is 71.2 Å². The van der Waals surface area contributed by atoms with E-state index in [1.165, 1.54) is 27.1 Å². The van der Waals surface area contributed by atoms with Gasteiger partial charge in [-0.05, 0) is 59.5 Å². The average Bonchev–Trinajstić information content (AvgIpc) is 3.67. The molecule has 0 N–H and O–H groups in total. The van der Waals surface area contributed by atoms with Crippen LogP contribution < -0.4 is 0 Å². The summed E-state index contributed by atoms with van der Waals surface area (Å²) in [6.45, 7) is 0. The van der Waals surface area contributed by atoms with Crippen LogP contribution in [0.1, 0.15) is 18.4 Å². The van der Waals surface area contributed by atoms with Gasteiger partial charge in [-0.2, -0.15) is 4.98 Å². The second-order valence-electron chi connectivity index (χ2n) is 10.3. The summed E-state index contributed by atoms with van der Waals surface area (Å²) in [7, 11) is 0. The molecule has 0 unspecified atom stereocenters. The number of furan rings is 1. The van der Waals surface area contributed by atoms with Gasteiger partial charge in [-0.25, -0.2) is 0 Å². The Bertz CT molecular complexity index is 2340. The van der Waals surface area contributed by atoms with Gasteiger partial charge in [0, 0.05) is 21.7 Å². The van der Waals surface area contributed by atoms with Gasteiger partial charge in [0.25, 0.3) is 0 Å². The van der Waals surface area contributed by atoms with Crippen molar-refractivity contribution in [3.8, 4) is 6.01 Å². The molecule has 8 aromatic rings. The fraction of sp³-hybridized carbons (Fsp3) is 0.0571. The fourth-order valence-corrected chi connectivity index (χ4v) is 6.28. The van der Waals surface area contributed by atoms with Crippen LogP contribution in [-0.2, 0) is 0 Å². The molecular weight excluding hydrogens is 480 g/mol. The molecule has 3 aromatic heterocycles. The van der Waals surface area contributed by atoms with Crippen molar-refractivity contribution in [3.63, 3.8) is 0 Å². The average molecular weight is 503 g/mol. The second kappa shape index (κ2) is 7.71. The van der Waals surface area contributed by atoms with Gasteiger partial charge in [0.2, 0.25) is 0 Å². The molecule has 9 rings (SSSR count). The number of para-hydroxylation sites is 2. The molecule has 1 aliphatic carbocycles. The zero-order valence-electron chi connectivity index (χ0n) is 21.0. The molecule has 1 aliphatic rings. The largest absolute Gasteiger partial charge is 0.455 e. The summed E-state index contributed by atoms with van der Waals surface area (Å²) in [4.78, 5) is 5.14. The highest BCUT2D eigenvalue weighted by atomic mass is 16.4. The number of nitrogens with zero attached hydrogens (tertiary/aromatic N) is 2. The molecule has 0 atom stereocenters. The van der Waals surface area contributed by atoms with Crippen LogP contribution in [0.5, 0.6) is 0 Å². The summed E-state index contributed by atoms with van der Waals surface area (Å²) in [5, 5.41) is 6.80. The quantitative estimate of drug-likeness (QED) is 0.236. The number of hydrogen-bond acceptors (Lipinski definition) is 3. The standard InChI is InChI=1S/C35H22N2O2/c1-2-10-21(11-3-1)26-20-28-34(32-25-15-7-9-17-31(25)38-33(26)32)39-35(36-28)37-29-16-8-6-14-24(29)27-18-22-12-4-5-13-23(22)19-30(27)37/h1-2,4-10,12-20H,3,11H2. The summed E-state index contributed by atoms with van der Waals surface area (Å²) >= 11 is 0. The lowest BCUT2D eigenvalue weighted by atomic mass is 9.95. The van der Waals surface area contributed by atoms with Crippen molar-refractivity contribution in [2.45, 2.75) is 12.8 Å². The van der Waals surface area contributed by atoms with Gasteiger partial charge in [0.15, 0.2) is 5.58 Å². The maximum absolute atomic E-state index is 6.72. The molecule has 4 nitrogen and oxygen atoms in total. The van der Waals surface area contributed by atoms with E-state index in [1.54, 1.807) is 0 Å². The second-order valence-corrected chi connectivity index (χ2v) is 10.3. The van der Waals surface area contributed by atoms with Crippen LogP contribution in [0.4, 0.5) is 0 Å². The zero-order chi connectivity index (χ0) is 25.5. The number of oxazole rings is 1. The Hall–Kier alpha value is -5.09. The van der Waals surface area contributed by atoms with Crippen molar-refractivity contribution in [1.82, 2.24) is 9.55 Å². The normalized spacial score (nSPS) is 14.0. The molecule has 39 heavy (non-hydrogen) atoms. The number of allylic oxidation sites excluding steroid dienone is 4. The topological polar surface area (TPSA) is 44.1 Å². The van der Waals surface area contributed by atoms with Gasteiger partial charge in [0.05, 0.1) is 16.4 Å². The molecule has 0 amide bonds. The van der Waals surface area contributed by atoms with Crippen LogP contribution in [0.3, 0.4) is 0 Å². The highest BCUT2D eigenvalue weighted by molar-refractivity contribution is 6.19. The lowest BCUT2D eigenvalue weighted by molar-refractivity contribution is 0.577. The maximum Gasteiger partial charge on any atom is 0.307 e. The molecule has 3 heterocycles. The molecular formula is C35H22N2O2. The minimum absolute atomic E-state index is 0.563. The van der Waals surface area contributed by atoms with Gasteiger partial charge >= 0.3 is 6.01 Å². The molecule has 0 spiro atoms. The third-order valence-corrected chi connectivity index (χ3v) is 8.08. The zero-order valence-corrected chi connectivity index (χ0v) is 21.0. The molecule has 4 heteroatoms.